The summed E-state index contributed by atoms with van der Waals surface area (Å²) in [6, 6.07) is 0. The van der Waals surface area contributed by atoms with E-state index in [1.54, 1.807) is 0 Å². The van der Waals surface area contributed by atoms with Crippen LogP contribution < -0.4 is 5.73 Å². The molecule has 0 radical (unpaired) electrons. The summed E-state index contributed by atoms with van der Waals surface area (Å²) >= 11 is 0. The van der Waals surface area contributed by atoms with Crippen molar-refractivity contribution in [3.8, 4) is 0 Å². The summed E-state index contributed by atoms with van der Waals surface area (Å²) in [6.07, 6.45) is 3.02. The van der Waals surface area contributed by atoms with Crippen molar-refractivity contribution in [1.82, 2.24) is 14.7 Å². The van der Waals surface area contributed by atoms with E-state index in [0.29, 0.717) is 0 Å². The van der Waals surface area contributed by atoms with Crippen LogP contribution in [-0.4, -0.2) is 80.9 Å². The van der Waals surface area contributed by atoms with Crippen molar-refractivity contribution < 1.29 is 4.79 Å². The maximum absolute atomic E-state index is 11.2. The van der Waals surface area contributed by atoms with Crippen LogP contribution in [0.3, 0.4) is 0 Å². The molecule has 1 saturated heterocycles. The van der Waals surface area contributed by atoms with Crippen molar-refractivity contribution >= 4 is 11.9 Å². The largest absolute Gasteiger partial charge is 0.369 e. The fraction of sp³-hybridized carbons (Fsp3) is 0.857. The molecule has 0 saturated carbocycles. The van der Waals surface area contributed by atoms with Gasteiger partial charge in [0.15, 0.2) is 5.96 Å². The van der Waals surface area contributed by atoms with E-state index in [-0.39, 0.29) is 11.8 Å². The zero-order valence-corrected chi connectivity index (χ0v) is 13.3. The Bertz CT molecular complexity index is 330. The van der Waals surface area contributed by atoms with Crippen molar-refractivity contribution in [2.24, 2.45) is 16.6 Å². The fourth-order valence-corrected chi connectivity index (χ4v) is 2.65. The van der Waals surface area contributed by atoms with Crippen molar-refractivity contribution in [2.75, 3.05) is 54.4 Å². The second-order valence-corrected chi connectivity index (χ2v) is 5.87. The van der Waals surface area contributed by atoms with Gasteiger partial charge in [0.1, 0.15) is 0 Å². The van der Waals surface area contributed by atoms with Crippen molar-refractivity contribution in [2.45, 2.75) is 19.3 Å². The Morgan fingerprint density at radius 1 is 1.30 bits per heavy atom. The van der Waals surface area contributed by atoms with Crippen molar-refractivity contribution in [1.29, 1.82) is 0 Å². The molecule has 6 nitrogen and oxygen atoms in total. The minimum atomic E-state index is -0.157. The molecule has 0 aromatic heterocycles. The number of carbonyl (C=O) groups is 1. The highest BCUT2D eigenvalue weighted by atomic mass is 16.1. The Hall–Kier alpha value is -1.30. The molecule has 1 fully saturated rings. The number of rotatable bonds is 5. The molecule has 0 aromatic rings. The number of nitrogens with two attached hydrogens (primary N) is 1. The first kappa shape index (κ1) is 16.8. The maximum Gasteiger partial charge on any atom is 0.221 e. The summed E-state index contributed by atoms with van der Waals surface area (Å²) in [6.45, 7) is 3.68. The minimum Gasteiger partial charge on any atom is -0.369 e. The highest BCUT2D eigenvalue weighted by molar-refractivity contribution is 5.79. The van der Waals surface area contributed by atoms with E-state index in [9.17, 15) is 4.79 Å². The smallest absolute Gasteiger partial charge is 0.221 e. The highest BCUT2D eigenvalue weighted by Crippen LogP contribution is 2.15. The van der Waals surface area contributed by atoms with Gasteiger partial charge in [-0.2, -0.15) is 0 Å². The molecular formula is C14H29N5O. The molecule has 1 aliphatic heterocycles. The van der Waals surface area contributed by atoms with Gasteiger partial charge in [-0.05, 0) is 32.4 Å². The average molecular weight is 283 g/mol. The first-order valence-electron chi connectivity index (χ1n) is 7.32. The molecule has 6 heteroatoms. The molecule has 1 heterocycles. The summed E-state index contributed by atoms with van der Waals surface area (Å²) in [5.74, 6) is 0.861. The van der Waals surface area contributed by atoms with Crippen LogP contribution in [0.2, 0.25) is 0 Å². The number of likely N-dealkylation sites (tertiary alicyclic amines) is 1. The zero-order valence-electron chi connectivity index (χ0n) is 13.3. The van der Waals surface area contributed by atoms with Gasteiger partial charge in [-0.25, -0.2) is 0 Å². The monoisotopic (exact) mass is 283 g/mol. The summed E-state index contributed by atoms with van der Waals surface area (Å²) in [4.78, 5) is 22.2. The first-order chi connectivity index (χ1) is 9.41. The van der Waals surface area contributed by atoms with E-state index in [0.717, 1.165) is 51.4 Å². The Balaban J connectivity index is 2.33. The number of hydrogen-bond donors (Lipinski definition) is 1. The molecular weight excluding hydrogens is 254 g/mol. The van der Waals surface area contributed by atoms with Crippen molar-refractivity contribution in [3.63, 3.8) is 0 Å². The van der Waals surface area contributed by atoms with Crippen LogP contribution in [0.5, 0.6) is 0 Å². The van der Waals surface area contributed by atoms with Gasteiger partial charge >= 0.3 is 0 Å². The normalized spacial score (nSPS) is 19.5. The number of aliphatic imine (C=N–C) groups is 1. The van der Waals surface area contributed by atoms with Gasteiger partial charge in [0, 0.05) is 41.3 Å². The van der Waals surface area contributed by atoms with Gasteiger partial charge in [-0.1, -0.05) is 0 Å². The van der Waals surface area contributed by atoms with E-state index in [4.69, 9.17) is 5.73 Å². The number of nitrogens with zero attached hydrogens (tertiary/aromatic N) is 4. The van der Waals surface area contributed by atoms with Crippen LogP contribution in [0.1, 0.15) is 19.3 Å². The third kappa shape index (κ3) is 5.36. The summed E-state index contributed by atoms with van der Waals surface area (Å²) in [5.41, 5.74) is 5.39. The van der Waals surface area contributed by atoms with E-state index >= 15 is 0 Å². The van der Waals surface area contributed by atoms with Crippen LogP contribution in [0.4, 0.5) is 0 Å². The molecule has 0 spiro atoms. The standard InChI is InChI=1S/C14H29N5O/c1-17(2)14(18(3)4)16-8-6-10-19-9-5-7-12(11-19)13(15)20/h12H,5-11H2,1-4H3,(H2,15,20). The SMILES string of the molecule is CN(C)C(=NCCCN1CCCC(C(N)=O)C1)N(C)C. The summed E-state index contributed by atoms with van der Waals surface area (Å²) < 4.78 is 0. The fourth-order valence-electron chi connectivity index (χ4n) is 2.65. The van der Waals surface area contributed by atoms with Gasteiger partial charge in [0.25, 0.3) is 0 Å². The lowest BCUT2D eigenvalue weighted by Gasteiger charge is -2.31. The van der Waals surface area contributed by atoms with Gasteiger partial charge in [-0.15, -0.1) is 0 Å². The van der Waals surface area contributed by atoms with Gasteiger partial charge < -0.3 is 20.4 Å². The molecule has 0 aliphatic carbocycles. The molecule has 1 atom stereocenters. The summed E-state index contributed by atoms with van der Waals surface area (Å²) in [5, 5.41) is 0. The molecule has 0 bridgehead atoms. The molecule has 20 heavy (non-hydrogen) atoms. The Kier molecular flexibility index (Phi) is 6.78. The maximum atomic E-state index is 11.2. The average Bonchev–Trinajstić information content (AvgIpc) is 2.37. The quantitative estimate of drug-likeness (QED) is 0.440. The first-order valence-corrected chi connectivity index (χ1v) is 7.32. The molecule has 116 valence electrons. The molecule has 1 amide bonds. The van der Waals surface area contributed by atoms with E-state index in [1.807, 2.05) is 38.0 Å². The Morgan fingerprint density at radius 2 is 1.95 bits per heavy atom. The second kappa shape index (κ2) is 8.09. The molecule has 0 aromatic carbocycles. The van der Waals surface area contributed by atoms with Gasteiger partial charge in [-0.3, -0.25) is 9.79 Å². The number of piperidine rings is 1. The minimum absolute atomic E-state index is 0.0337. The topological polar surface area (TPSA) is 65.2 Å². The number of carbonyl (C=O) groups excluding carboxylic acids is 1. The molecule has 2 N–H and O–H groups in total. The lowest BCUT2D eigenvalue weighted by molar-refractivity contribution is -0.123. The Morgan fingerprint density at radius 3 is 2.50 bits per heavy atom. The van der Waals surface area contributed by atoms with Crippen LogP contribution in [0.25, 0.3) is 0 Å². The van der Waals surface area contributed by atoms with Crippen LogP contribution in [0.15, 0.2) is 4.99 Å². The van der Waals surface area contributed by atoms with Crippen LogP contribution >= 0.6 is 0 Å². The third-order valence-corrected chi connectivity index (χ3v) is 3.59. The van der Waals surface area contributed by atoms with E-state index < -0.39 is 0 Å². The second-order valence-electron chi connectivity index (χ2n) is 5.87. The zero-order chi connectivity index (χ0) is 15.1. The van der Waals surface area contributed by atoms with Crippen LogP contribution in [-0.2, 0) is 4.79 Å². The third-order valence-electron chi connectivity index (χ3n) is 3.59. The van der Waals surface area contributed by atoms with Gasteiger partial charge in [0.2, 0.25) is 5.91 Å². The molecule has 1 aliphatic rings. The van der Waals surface area contributed by atoms with E-state index in [2.05, 4.69) is 9.89 Å². The van der Waals surface area contributed by atoms with Crippen LogP contribution in [0, 0.1) is 5.92 Å². The predicted molar refractivity (Wildman–Crippen MR) is 82.7 cm³/mol. The highest BCUT2D eigenvalue weighted by Gasteiger charge is 2.23. The number of guanidine groups is 1. The van der Waals surface area contributed by atoms with Crippen molar-refractivity contribution in [3.05, 3.63) is 0 Å². The Labute approximate surface area is 122 Å². The van der Waals surface area contributed by atoms with E-state index in [1.165, 1.54) is 0 Å². The molecule has 1 rings (SSSR count). The number of primary amides is 1. The lowest BCUT2D eigenvalue weighted by Crippen LogP contribution is -2.41. The summed E-state index contributed by atoms with van der Waals surface area (Å²) in [7, 11) is 8.00. The lowest BCUT2D eigenvalue weighted by atomic mass is 9.97. The molecule has 1 unspecified atom stereocenters. The number of hydrogen-bond acceptors (Lipinski definition) is 3. The van der Waals surface area contributed by atoms with Gasteiger partial charge in [0.05, 0.1) is 5.92 Å². The number of amides is 1. The predicted octanol–water partition coefficient (Wildman–Crippen LogP) is 0.0530.